The van der Waals surface area contributed by atoms with E-state index in [2.05, 4.69) is 0 Å². The number of methoxy groups -OCH3 is 1. The monoisotopic (exact) mass is 274 g/mol. The number of carbonyl (C=O) groups is 1. The number of carbonyl (C=O) groups excluding carboxylic acids is 1. The van der Waals surface area contributed by atoms with Crippen LogP contribution < -0.4 is 4.74 Å². The van der Waals surface area contributed by atoms with E-state index in [9.17, 15) is 9.18 Å². The maximum absolute atomic E-state index is 13.7. The predicted molar refractivity (Wildman–Crippen MR) is 73.3 cm³/mol. The highest BCUT2D eigenvalue weighted by Gasteiger charge is 2.12. The van der Waals surface area contributed by atoms with Gasteiger partial charge in [0, 0.05) is 7.11 Å². The lowest BCUT2D eigenvalue weighted by Crippen LogP contribution is -2.10. The molecule has 0 saturated carbocycles. The molecule has 0 spiro atoms. The highest BCUT2D eigenvalue weighted by Crippen LogP contribution is 2.21. The molecule has 2 aromatic rings. The van der Waals surface area contributed by atoms with Crippen molar-refractivity contribution in [3.05, 3.63) is 65.0 Å². The van der Waals surface area contributed by atoms with Crippen molar-refractivity contribution >= 4 is 5.97 Å². The van der Waals surface area contributed by atoms with Crippen LogP contribution >= 0.6 is 0 Å². The van der Waals surface area contributed by atoms with Gasteiger partial charge in [0.2, 0.25) is 0 Å². The average molecular weight is 274 g/mol. The van der Waals surface area contributed by atoms with Gasteiger partial charge in [-0.3, -0.25) is 0 Å². The van der Waals surface area contributed by atoms with Crippen LogP contribution in [0, 0.1) is 12.7 Å². The summed E-state index contributed by atoms with van der Waals surface area (Å²) in [6, 6.07) is 11.5. The molecule has 0 bridgehead atoms. The number of hydrogen-bond acceptors (Lipinski definition) is 3. The Morgan fingerprint density at radius 2 is 1.85 bits per heavy atom. The van der Waals surface area contributed by atoms with Gasteiger partial charge in [-0.1, -0.05) is 24.3 Å². The third-order valence-electron chi connectivity index (χ3n) is 2.86. The largest absolute Gasteiger partial charge is 0.420 e. The smallest absolute Gasteiger partial charge is 0.343 e. The molecule has 0 saturated heterocycles. The molecule has 0 aliphatic heterocycles. The summed E-state index contributed by atoms with van der Waals surface area (Å²) >= 11 is 0. The van der Waals surface area contributed by atoms with Crippen molar-refractivity contribution in [2.24, 2.45) is 0 Å². The van der Waals surface area contributed by atoms with E-state index < -0.39 is 11.8 Å². The maximum Gasteiger partial charge on any atom is 0.343 e. The molecule has 0 fully saturated rings. The molecule has 0 N–H and O–H groups in total. The third kappa shape index (κ3) is 3.22. The summed E-state index contributed by atoms with van der Waals surface area (Å²) in [7, 11) is 1.60. The molecule has 0 aliphatic rings. The zero-order valence-corrected chi connectivity index (χ0v) is 11.4. The van der Waals surface area contributed by atoms with Gasteiger partial charge in [-0.05, 0) is 36.2 Å². The molecular formula is C16H15FO3. The molecule has 4 heteroatoms. The number of halogens is 1. The summed E-state index contributed by atoms with van der Waals surface area (Å²) in [6.07, 6.45) is 0. The van der Waals surface area contributed by atoms with Crippen molar-refractivity contribution in [2.75, 3.05) is 7.11 Å². The van der Waals surface area contributed by atoms with Gasteiger partial charge in [-0.2, -0.15) is 0 Å². The molecule has 3 nitrogen and oxygen atoms in total. The van der Waals surface area contributed by atoms with E-state index in [1.54, 1.807) is 50.4 Å². The van der Waals surface area contributed by atoms with Crippen LogP contribution in [0.25, 0.3) is 0 Å². The SMILES string of the molecule is COCc1ccc(C(=O)Oc2cccc(C)c2F)cc1. The van der Waals surface area contributed by atoms with Gasteiger partial charge in [0.05, 0.1) is 12.2 Å². The van der Waals surface area contributed by atoms with Gasteiger partial charge in [0.15, 0.2) is 11.6 Å². The van der Waals surface area contributed by atoms with E-state index >= 15 is 0 Å². The maximum atomic E-state index is 13.7. The minimum atomic E-state index is -0.585. The predicted octanol–water partition coefficient (Wildman–Crippen LogP) is 3.50. The zero-order valence-electron chi connectivity index (χ0n) is 11.4. The highest BCUT2D eigenvalue weighted by atomic mass is 19.1. The molecule has 0 heterocycles. The molecule has 0 atom stereocenters. The van der Waals surface area contributed by atoms with Gasteiger partial charge in [0.25, 0.3) is 0 Å². The van der Waals surface area contributed by atoms with Crippen LogP contribution in [0.5, 0.6) is 5.75 Å². The Balaban J connectivity index is 2.13. The van der Waals surface area contributed by atoms with E-state index in [0.29, 0.717) is 17.7 Å². The fourth-order valence-corrected chi connectivity index (χ4v) is 1.76. The van der Waals surface area contributed by atoms with Crippen LogP contribution in [0.15, 0.2) is 42.5 Å². The Labute approximate surface area is 117 Å². The Hall–Kier alpha value is -2.20. The number of hydrogen-bond donors (Lipinski definition) is 0. The van der Waals surface area contributed by atoms with E-state index in [1.807, 2.05) is 0 Å². The van der Waals surface area contributed by atoms with E-state index in [0.717, 1.165) is 5.56 Å². The minimum Gasteiger partial charge on any atom is -0.420 e. The van der Waals surface area contributed by atoms with Gasteiger partial charge in [-0.25, -0.2) is 9.18 Å². The van der Waals surface area contributed by atoms with Crippen LogP contribution in [0.4, 0.5) is 4.39 Å². The van der Waals surface area contributed by atoms with Gasteiger partial charge >= 0.3 is 5.97 Å². The summed E-state index contributed by atoms with van der Waals surface area (Å²) in [6.45, 7) is 2.09. The second-order valence-corrected chi connectivity index (χ2v) is 4.41. The lowest BCUT2D eigenvalue weighted by Gasteiger charge is -2.07. The summed E-state index contributed by atoms with van der Waals surface area (Å²) in [4.78, 5) is 11.9. The van der Waals surface area contributed by atoms with Crippen LogP contribution in [0.3, 0.4) is 0 Å². The molecule has 0 amide bonds. The Bertz CT molecular complexity index is 606. The first kappa shape index (κ1) is 14.2. The molecule has 0 aromatic heterocycles. The van der Waals surface area contributed by atoms with Crippen molar-refractivity contribution in [1.29, 1.82) is 0 Å². The first-order valence-electron chi connectivity index (χ1n) is 6.17. The van der Waals surface area contributed by atoms with Gasteiger partial charge < -0.3 is 9.47 Å². The molecule has 0 aliphatic carbocycles. The lowest BCUT2D eigenvalue weighted by atomic mass is 10.1. The summed E-state index contributed by atoms with van der Waals surface area (Å²) < 4.78 is 23.8. The molecule has 2 rings (SSSR count). The quantitative estimate of drug-likeness (QED) is 0.632. The Morgan fingerprint density at radius 1 is 1.15 bits per heavy atom. The highest BCUT2D eigenvalue weighted by molar-refractivity contribution is 5.91. The minimum absolute atomic E-state index is 0.0593. The first-order chi connectivity index (χ1) is 9.61. The fraction of sp³-hybridized carbons (Fsp3) is 0.188. The zero-order chi connectivity index (χ0) is 14.5. The number of rotatable bonds is 4. The summed E-state index contributed by atoms with van der Waals surface area (Å²) in [5.74, 6) is -1.16. The van der Waals surface area contributed by atoms with Crippen molar-refractivity contribution in [3.63, 3.8) is 0 Å². The second kappa shape index (κ2) is 6.30. The molecule has 0 radical (unpaired) electrons. The Morgan fingerprint density at radius 3 is 2.50 bits per heavy atom. The van der Waals surface area contributed by atoms with Crippen LogP contribution in [-0.4, -0.2) is 13.1 Å². The molecule has 0 unspecified atom stereocenters. The molecule has 2 aromatic carbocycles. The van der Waals surface area contributed by atoms with E-state index in [4.69, 9.17) is 9.47 Å². The second-order valence-electron chi connectivity index (χ2n) is 4.41. The lowest BCUT2D eigenvalue weighted by molar-refractivity contribution is 0.0727. The average Bonchev–Trinajstić information content (AvgIpc) is 2.45. The number of aryl methyl sites for hydroxylation is 1. The van der Waals surface area contributed by atoms with Gasteiger partial charge in [0.1, 0.15) is 0 Å². The van der Waals surface area contributed by atoms with Crippen molar-refractivity contribution in [2.45, 2.75) is 13.5 Å². The fourth-order valence-electron chi connectivity index (χ4n) is 1.76. The van der Waals surface area contributed by atoms with Crippen molar-refractivity contribution < 1.29 is 18.7 Å². The molecule has 20 heavy (non-hydrogen) atoms. The topological polar surface area (TPSA) is 35.5 Å². The first-order valence-corrected chi connectivity index (χ1v) is 6.17. The Kier molecular flexibility index (Phi) is 4.48. The number of esters is 1. The van der Waals surface area contributed by atoms with E-state index in [-0.39, 0.29) is 5.75 Å². The third-order valence-corrected chi connectivity index (χ3v) is 2.86. The van der Waals surface area contributed by atoms with Crippen molar-refractivity contribution in [3.8, 4) is 5.75 Å². The van der Waals surface area contributed by atoms with Crippen LogP contribution in [0.2, 0.25) is 0 Å². The summed E-state index contributed by atoms with van der Waals surface area (Å²) in [5, 5.41) is 0. The number of benzene rings is 2. The normalized spacial score (nSPS) is 10.3. The van der Waals surface area contributed by atoms with E-state index in [1.165, 1.54) is 6.07 Å². The number of ether oxygens (including phenoxy) is 2. The van der Waals surface area contributed by atoms with Crippen LogP contribution in [0.1, 0.15) is 21.5 Å². The van der Waals surface area contributed by atoms with Crippen LogP contribution in [-0.2, 0) is 11.3 Å². The van der Waals surface area contributed by atoms with Gasteiger partial charge in [-0.15, -0.1) is 0 Å². The molecular weight excluding hydrogens is 259 g/mol. The summed E-state index contributed by atoms with van der Waals surface area (Å²) in [5.41, 5.74) is 1.75. The molecule has 104 valence electrons. The standard InChI is InChI=1S/C16H15FO3/c1-11-4-3-5-14(15(11)17)20-16(18)13-8-6-12(7-9-13)10-19-2/h3-9H,10H2,1-2H3. The van der Waals surface area contributed by atoms with Crippen molar-refractivity contribution in [1.82, 2.24) is 0 Å².